The molecule has 0 bridgehead atoms. The molecular formula is C24H28N6O. The maximum Gasteiger partial charge on any atom is 0.205 e. The summed E-state index contributed by atoms with van der Waals surface area (Å²) in [5.74, 6) is 1.73. The number of nitrogens with zero attached hydrogens (tertiary/aromatic N) is 5. The van der Waals surface area contributed by atoms with Gasteiger partial charge in [0.2, 0.25) is 5.82 Å². The van der Waals surface area contributed by atoms with Crippen molar-refractivity contribution in [3.8, 4) is 22.5 Å². The van der Waals surface area contributed by atoms with Gasteiger partial charge in [-0.1, -0.05) is 61.9 Å². The number of tetrazole rings is 1. The van der Waals surface area contributed by atoms with Gasteiger partial charge in [-0.3, -0.25) is 0 Å². The minimum absolute atomic E-state index is 0.571. The van der Waals surface area contributed by atoms with Crippen molar-refractivity contribution in [3.63, 3.8) is 0 Å². The molecule has 2 aromatic heterocycles. The Hall–Kier alpha value is -3.32. The van der Waals surface area contributed by atoms with E-state index in [1.54, 1.807) is 7.11 Å². The lowest BCUT2D eigenvalue weighted by molar-refractivity contribution is 0.177. The van der Waals surface area contributed by atoms with Crippen molar-refractivity contribution in [2.75, 3.05) is 7.11 Å². The first-order valence-corrected chi connectivity index (χ1v) is 10.7. The van der Waals surface area contributed by atoms with Crippen LogP contribution in [-0.2, 0) is 24.3 Å². The Bertz CT molecular complexity index is 1120. The lowest BCUT2D eigenvalue weighted by atomic mass is 9.98. The van der Waals surface area contributed by atoms with Crippen LogP contribution in [0, 0.1) is 6.92 Å². The second kappa shape index (κ2) is 9.66. The lowest BCUT2D eigenvalue weighted by Crippen LogP contribution is -2.10. The van der Waals surface area contributed by atoms with Gasteiger partial charge in [-0.15, -0.1) is 10.2 Å². The largest absolute Gasteiger partial charge is 0.378 e. The summed E-state index contributed by atoms with van der Waals surface area (Å²) in [5, 5.41) is 14.5. The topological polar surface area (TPSA) is 81.5 Å². The maximum absolute atomic E-state index is 5.45. The Morgan fingerprint density at radius 1 is 1.03 bits per heavy atom. The van der Waals surface area contributed by atoms with Crippen molar-refractivity contribution in [2.45, 2.75) is 46.3 Å². The fourth-order valence-corrected chi connectivity index (χ4v) is 3.88. The average molecular weight is 417 g/mol. The first kappa shape index (κ1) is 20.9. The van der Waals surface area contributed by atoms with Crippen LogP contribution < -0.4 is 0 Å². The van der Waals surface area contributed by atoms with Crippen molar-refractivity contribution in [1.29, 1.82) is 0 Å². The van der Waals surface area contributed by atoms with Gasteiger partial charge in [-0.25, -0.2) is 4.98 Å². The molecule has 160 valence electrons. The number of aromatic amines is 1. The van der Waals surface area contributed by atoms with Gasteiger partial charge in [0.1, 0.15) is 5.82 Å². The molecule has 0 fully saturated rings. The number of nitrogens with one attached hydrogen (secondary N) is 1. The highest BCUT2D eigenvalue weighted by Crippen LogP contribution is 2.30. The molecule has 0 saturated heterocycles. The fraction of sp³-hybridized carbons (Fsp3) is 0.333. The van der Waals surface area contributed by atoms with Crippen LogP contribution in [0.1, 0.15) is 42.5 Å². The van der Waals surface area contributed by atoms with Crippen LogP contribution in [0.4, 0.5) is 0 Å². The highest BCUT2D eigenvalue weighted by Gasteiger charge is 2.15. The van der Waals surface area contributed by atoms with Gasteiger partial charge >= 0.3 is 0 Å². The Balaban J connectivity index is 1.62. The molecule has 7 heteroatoms. The minimum atomic E-state index is 0.571. The van der Waals surface area contributed by atoms with Crippen LogP contribution in [0.2, 0.25) is 0 Å². The van der Waals surface area contributed by atoms with Crippen LogP contribution in [0.15, 0.2) is 48.5 Å². The molecule has 31 heavy (non-hydrogen) atoms. The van der Waals surface area contributed by atoms with Gasteiger partial charge in [0, 0.05) is 25.6 Å². The summed E-state index contributed by atoms with van der Waals surface area (Å²) >= 11 is 0. The minimum Gasteiger partial charge on any atom is -0.378 e. The third-order valence-electron chi connectivity index (χ3n) is 5.51. The average Bonchev–Trinajstić information content (AvgIpc) is 3.43. The van der Waals surface area contributed by atoms with Crippen LogP contribution in [0.25, 0.3) is 22.5 Å². The van der Waals surface area contributed by atoms with Crippen LogP contribution >= 0.6 is 0 Å². The molecule has 2 heterocycles. The molecule has 4 aromatic rings. The molecule has 0 aliphatic rings. The maximum atomic E-state index is 5.45. The summed E-state index contributed by atoms with van der Waals surface area (Å²) < 4.78 is 7.77. The molecule has 0 amide bonds. The molecule has 7 nitrogen and oxygen atoms in total. The number of ether oxygens (including phenoxy) is 1. The number of unbranched alkanes of at least 4 members (excludes halogenated alkanes) is 1. The summed E-state index contributed by atoms with van der Waals surface area (Å²) in [5.41, 5.74) is 6.59. The SMILES string of the molecule is CCCCc1nc(C)c(COC)n1Cc1ccc(-c2ccccc2-c2nn[nH]n2)cc1. The Morgan fingerprint density at radius 2 is 1.81 bits per heavy atom. The van der Waals surface area contributed by atoms with E-state index in [9.17, 15) is 0 Å². The summed E-state index contributed by atoms with van der Waals surface area (Å²) in [7, 11) is 1.73. The molecule has 0 unspecified atom stereocenters. The zero-order chi connectivity index (χ0) is 21.6. The molecule has 0 radical (unpaired) electrons. The summed E-state index contributed by atoms with van der Waals surface area (Å²) in [6.07, 6.45) is 3.27. The first-order chi connectivity index (χ1) is 15.2. The van der Waals surface area contributed by atoms with Crippen molar-refractivity contribution >= 4 is 0 Å². The lowest BCUT2D eigenvalue weighted by Gasteiger charge is -2.13. The monoisotopic (exact) mass is 416 g/mol. The van der Waals surface area contributed by atoms with Crippen LogP contribution in [-0.4, -0.2) is 37.3 Å². The van der Waals surface area contributed by atoms with E-state index in [-0.39, 0.29) is 0 Å². The number of aryl methyl sites for hydroxylation is 2. The molecule has 0 saturated carbocycles. The van der Waals surface area contributed by atoms with E-state index < -0.39 is 0 Å². The molecule has 1 N–H and O–H groups in total. The van der Waals surface area contributed by atoms with Crippen molar-refractivity contribution in [2.24, 2.45) is 0 Å². The third kappa shape index (κ3) is 4.56. The smallest absolute Gasteiger partial charge is 0.205 e. The number of hydrogen-bond acceptors (Lipinski definition) is 5. The Morgan fingerprint density at radius 3 is 2.48 bits per heavy atom. The summed E-state index contributed by atoms with van der Waals surface area (Å²) in [6, 6.07) is 16.8. The van der Waals surface area contributed by atoms with Gasteiger partial charge < -0.3 is 9.30 Å². The molecule has 0 aliphatic carbocycles. The number of methoxy groups -OCH3 is 1. The molecular weight excluding hydrogens is 388 g/mol. The highest BCUT2D eigenvalue weighted by atomic mass is 16.5. The van der Waals surface area contributed by atoms with Gasteiger partial charge in [0.15, 0.2) is 0 Å². The number of aromatic nitrogens is 6. The summed E-state index contributed by atoms with van der Waals surface area (Å²) in [4.78, 5) is 4.83. The van der Waals surface area contributed by atoms with Crippen molar-refractivity contribution in [3.05, 3.63) is 71.3 Å². The highest BCUT2D eigenvalue weighted by molar-refractivity contribution is 5.80. The number of hydrogen-bond donors (Lipinski definition) is 1. The molecule has 0 spiro atoms. The predicted octanol–water partition coefficient (Wildman–Crippen LogP) is 4.58. The van der Waals surface area contributed by atoms with E-state index in [2.05, 4.69) is 69.4 Å². The first-order valence-electron chi connectivity index (χ1n) is 10.7. The number of imidazole rings is 1. The second-order valence-corrected chi connectivity index (χ2v) is 7.66. The van der Waals surface area contributed by atoms with Gasteiger partial charge in [-0.05, 0) is 35.2 Å². The van der Waals surface area contributed by atoms with Crippen molar-refractivity contribution in [1.82, 2.24) is 30.2 Å². The van der Waals surface area contributed by atoms with Crippen LogP contribution in [0.3, 0.4) is 0 Å². The predicted molar refractivity (Wildman–Crippen MR) is 120 cm³/mol. The van der Waals surface area contributed by atoms with E-state index in [1.807, 2.05) is 18.2 Å². The van der Waals surface area contributed by atoms with E-state index in [1.165, 1.54) is 5.56 Å². The van der Waals surface area contributed by atoms with E-state index in [0.717, 1.165) is 59.7 Å². The third-order valence-corrected chi connectivity index (χ3v) is 5.51. The zero-order valence-corrected chi connectivity index (χ0v) is 18.3. The van der Waals surface area contributed by atoms with Crippen LogP contribution in [0.5, 0.6) is 0 Å². The Labute approximate surface area is 182 Å². The number of rotatable bonds is 9. The van der Waals surface area contributed by atoms with E-state index >= 15 is 0 Å². The second-order valence-electron chi connectivity index (χ2n) is 7.66. The Kier molecular flexibility index (Phi) is 6.52. The quantitative estimate of drug-likeness (QED) is 0.432. The number of benzene rings is 2. The van der Waals surface area contributed by atoms with E-state index in [0.29, 0.717) is 12.4 Å². The van der Waals surface area contributed by atoms with Crippen molar-refractivity contribution < 1.29 is 4.74 Å². The van der Waals surface area contributed by atoms with Gasteiger partial charge in [-0.2, -0.15) is 5.21 Å². The molecule has 2 aromatic carbocycles. The molecule has 0 aliphatic heterocycles. The van der Waals surface area contributed by atoms with E-state index in [4.69, 9.17) is 9.72 Å². The zero-order valence-electron chi connectivity index (χ0n) is 18.3. The standard InChI is InChI=1S/C24H28N6O/c1-4-5-10-23-25-17(2)22(16-31-3)30(23)15-18-11-13-19(14-12-18)20-8-6-7-9-21(20)24-26-28-29-27-24/h6-9,11-14H,4-5,10,15-16H2,1-3H3,(H,26,27,28,29). The fourth-order valence-electron chi connectivity index (χ4n) is 3.88. The normalized spacial score (nSPS) is 11.2. The molecule has 0 atom stereocenters. The van der Waals surface area contributed by atoms with Gasteiger partial charge in [0.25, 0.3) is 0 Å². The molecule has 4 rings (SSSR count). The van der Waals surface area contributed by atoms with Gasteiger partial charge in [0.05, 0.1) is 18.0 Å². The summed E-state index contributed by atoms with van der Waals surface area (Å²) in [6.45, 7) is 5.63. The number of H-pyrrole nitrogens is 1.